The fraction of sp³-hybridized carbons (Fsp3) is 0.423. The van der Waals surface area contributed by atoms with Crippen molar-refractivity contribution in [1.29, 1.82) is 0 Å². The van der Waals surface area contributed by atoms with Gasteiger partial charge < -0.3 is 14.6 Å². The number of carbonyl (C=O) groups is 1. The van der Waals surface area contributed by atoms with Crippen molar-refractivity contribution in [2.45, 2.75) is 65.6 Å². The van der Waals surface area contributed by atoms with Gasteiger partial charge in [-0.1, -0.05) is 24.3 Å². The normalized spacial score (nSPS) is 11.4. The van der Waals surface area contributed by atoms with Crippen LogP contribution in [0.3, 0.4) is 0 Å². The Hall–Kier alpha value is -3.55. The maximum Gasteiger partial charge on any atom is 0.347 e. The van der Waals surface area contributed by atoms with Gasteiger partial charge in [-0.25, -0.2) is 14.3 Å². The monoisotopic (exact) mass is 467 g/mol. The fourth-order valence-electron chi connectivity index (χ4n) is 3.82. The largest absolute Gasteiger partial charge is 0.496 e. The molecule has 1 N–H and O–H groups in total. The Balaban J connectivity index is 1.63. The third-order valence-electron chi connectivity index (χ3n) is 5.78. The highest BCUT2D eigenvalue weighted by molar-refractivity contribution is 5.76. The summed E-state index contributed by atoms with van der Waals surface area (Å²) in [5, 5.41) is 13.8. The van der Waals surface area contributed by atoms with Gasteiger partial charge in [-0.05, 0) is 75.4 Å². The van der Waals surface area contributed by atoms with E-state index in [-0.39, 0.29) is 5.69 Å². The van der Waals surface area contributed by atoms with E-state index in [2.05, 4.69) is 5.10 Å². The number of aliphatic carboxylic acids is 1. The van der Waals surface area contributed by atoms with E-state index in [0.29, 0.717) is 25.3 Å². The molecule has 0 spiro atoms. The van der Waals surface area contributed by atoms with Crippen LogP contribution in [0.25, 0.3) is 0 Å². The van der Waals surface area contributed by atoms with Gasteiger partial charge in [0.15, 0.2) is 5.60 Å². The Morgan fingerprint density at radius 2 is 1.76 bits per heavy atom. The van der Waals surface area contributed by atoms with Crippen LogP contribution in [0.15, 0.2) is 47.3 Å². The van der Waals surface area contributed by atoms with Gasteiger partial charge in [-0.3, -0.25) is 4.57 Å². The van der Waals surface area contributed by atoms with Gasteiger partial charge in [0.2, 0.25) is 0 Å². The number of benzene rings is 2. The highest BCUT2D eigenvalue weighted by atomic mass is 16.5. The summed E-state index contributed by atoms with van der Waals surface area (Å²) in [5.74, 6) is 1.10. The highest BCUT2D eigenvalue weighted by Gasteiger charge is 2.29. The minimum absolute atomic E-state index is 0.103. The average molecular weight is 468 g/mol. The molecular formula is C26H33N3O5. The first-order valence-corrected chi connectivity index (χ1v) is 11.5. The summed E-state index contributed by atoms with van der Waals surface area (Å²) in [6.45, 7) is 7.95. The first-order chi connectivity index (χ1) is 16.1. The minimum atomic E-state index is -1.28. The second-order valence-electron chi connectivity index (χ2n) is 8.82. The molecule has 0 saturated heterocycles. The molecule has 0 atom stereocenters. The second-order valence-corrected chi connectivity index (χ2v) is 8.82. The lowest BCUT2D eigenvalue weighted by Crippen LogP contribution is -2.37. The number of hydrogen-bond donors (Lipinski definition) is 1. The number of aromatic nitrogens is 3. The van der Waals surface area contributed by atoms with Crippen molar-refractivity contribution >= 4 is 5.97 Å². The Labute approximate surface area is 199 Å². The standard InChI is InChI=1S/C26H33N3O5/c1-6-28-23(27-29(25(28)32)17-20-12-15-22(33-5)18(2)16-20)9-7-8-19-10-13-21(14-11-19)34-26(3,4)24(30)31/h10-16H,6-9,17H2,1-5H3,(H,30,31). The molecule has 0 aliphatic rings. The molecule has 1 heterocycles. The van der Waals surface area contributed by atoms with E-state index in [1.54, 1.807) is 23.8 Å². The van der Waals surface area contributed by atoms with Crippen molar-refractivity contribution in [3.05, 3.63) is 75.5 Å². The first kappa shape index (κ1) is 25.1. The SMILES string of the molecule is CCn1c(CCCc2ccc(OC(C)(C)C(=O)O)cc2)nn(Cc2ccc(OC)c(C)c2)c1=O. The van der Waals surface area contributed by atoms with Gasteiger partial charge in [0.05, 0.1) is 13.7 Å². The number of ether oxygens (including phenoxy) is 2. The van der Waals surface area contributed by atoms with E-state index in [0.717, 1.165) is 41.1 Å². The van der Waals surface area contributed by atoms with Crippen molar-refractivity contribution in [2.75, 3.05) is 7.11 Å². The van der Waals surface area contributed by atoms with E-state index in [9.17, 15) is 14.7 Å². The third kappa shape index (κ3) is 5.87. The minimum Gasteiger partial charge on any atom is -0.496 e. The molecule has 0 fully saturated rings. The molecule has 0 saturated carbocycles. The van der Waals surface area contributed by atoms with Crippen LogP contribution in [0.5, 0.6) is 11.5 Å². The molecule has 0 aliphatic carbocycles. The molecule has 0 bridgehead atoms. The van der Waals surface area contributed by atoms with Gasteiger partial charge in [0.1, 0.15) is 17.3 Å². The smallest absolute Gasteiger partial charge is 0.347 e. The molecule has 34 heavy (non-hydrogen) atoms. The number of hydrogen-bond acceptors (Lipinski definition) is 5. The summed E-state index contributed by atoms with van der Waals surface area (Å²) < 4.78 is 14.1. The number of carboxylic acid groups (broad SMARTS) is 1. The molecular weight excluding hydrogens is 434 g/mol. The predicted molar refractivity (Wildman–Crippen MR) is 130 cm³/mol. The molecule has 2 aromatic carbocycles. The molecule has 3 rings (SSSR count). The lowest BCUT2D eigenvalue weighted by molar-refractivity contribution is -0.152. The number of nitrogens with zero attached hydrogens (tertiary/aromatic N) is 3. The molecule has 0 amide bonds. The van der Waals surface area contributed by atoms with Crippen LogP contribution in [0, 0.1) is 6.92 Å². The van der Waals surface area contributed by atoms with Crippen LogP contribution in [0.1, 0.15) is 49.7 Å². The molecule has 0 aliphatic heterocycles. The molecule has 182 valence electrons. The lowest BCUT2D eigenvalue weighted by Gasteiger charge is -2.21. The summed E-state index contributed by atoms with van der Waals surface area (Å²) in [6.07, 6.45) is 2.33. The van der Waals surface area contributed by atoms with Gasteiger partial charge in [-0.15, -0.1) is 0 Å². The van der Waals surface area contributed by atoms with E-state index >= 15 is 0 Å². The third-order valence-corrected chi connectivity index (χ3v) is 5.78. The zero-order valence-electron chi connectivity index (χ0n) is 20.5. The van der Waals surface area contributed by atoms with Crippen molar-refractivity contribution in [1.82, 2.24) is 14.3 Å². The number of carboxylic acids is 1. The van der Waals surface area contributed by atoms with Crippen molar-refractivity contribution in [3.63, 3.8) is 0 Å². The summed E-state index contributed by atoms with van der Waals surface area (Å²) in [7, 11) is 1.64. The fourth-order valence-corrected chi connectivity index (χ4v) is 3.82. The van der Waals surface area contributed by atoms with Crippen molar-refractivity contribution in [2.24, 2.45) is 0 Å². The van der Waals surface area contributed by atoms with E-state index in [4.69, 9.17) is 9.47 Å². The van der Waals surface area contributed by atoms with Crippen LogP contribution < -0.4 is 15.2 Å². The van der Waals surface area contributed by atoms with Crippen LogP contribution in [0.2, 0.25) is 0 Å². The van der Waals surface area contributed by atoms with Crippen molar-refractivity contribution in [3.8, 4) is 11.5 Å². The summed E-state index contributed by atoms with van der Waals surface area (Å²) in [6, 6.07) is 13.3. The van der Waals surface area contributed by atoms with Crippen LogP contribution in [0.4, 0.5) is 0 Å². The molecule has 1 aromatic heterocycles. The average Bonchev–Trinajstić information content (AvgIpc) is 3.08. The maximum absolute atomic E-state index is 12.8. The number of rotatable bonds is 11. The second kappa shape index (κ2) is 10.6. The maximum atomic E-state index is 12.8. The van der Waals surface area contributed by atoms with Gasteiger partial charge in [0.25, 0.3) is 0 Å². The Morgan fingerprint density at radius 3 is 2.35 bits per heavy atom. The quantitative estimate of drug-likeness (QED) is 0.460. The Kier molecular flexibility index (Phi) is 7.81. The number of aryl methyl sites for hydroxylation is 3. The molecule has 0 radical (unpaired) electrons. The zero-order chi connectivity index (χ0) is 24.9. The van der Waals surface area contributed by atoms with Gasteiger partial charge in [0, 0.05) is 13.0 Å². The molecule has 0 unspecified atom stereocenters. The van der Waals surface area contributed by atoms with Gasteiger partial charge in [-0.2, -0.15) is 5.10 Å². The molecule has 8 nitrogen and oxygen atoms in total. The zero-order valence-corrected chi connectivity index (χ0v) is 20.5. The highest BCUT2D eigenvalue weighted by Crippen LogP contribution is 2.21. The summed E-state index contributed by atoms with van der Waals surface area (Å²) >= 11 is 0. The Bertz CT molecular complexity index is 1190. The van der Waals surface area contributed by atoms with E-state index in [1.807, 2.05) is 44.2 Å². The summed E-state index contributed by atoms with van der Waals surface area (Å²) in [4.78, 5) is 24.1. The molecule has 8 heteroatoms. The van der Waals surface area contributed by atoms with Crippen LogP contribution in [-0.4, -0.2) is 38.1 Å². The van der Waals surface area contributed by atoms with Crippen molar-refractivity contribution < 1.29 is 19.4 Å². The first-order valence-electron chi connectivity index (χ1n) is 11.5. The summed E-state index contributed by atoms with van der Waals surface area (Å²) in [5.41, 5.74) is 1.74. The van der Waals surface area contributed by atoms with Crippen LogP contribution in [-0.2, 0) is 30.7 Å². The lowest BCUT2D eigenvalue weighted by atomic mass is 10.1. The van der Waals surface area contributed by atoms with E-state index < -0.39 is 11.6 Å². The Morgan fingerprint density at radius 1 is 1.09 bits per heavy atom. The molecule has 3 aromatic rings. The number of methoxy groups -OCH3 is 1. The van der Waals surface area contributed by atoms with Crippen LogP contribution >= 0.6 is 0 Å². The topological polar surface area (TPSA) is 95.6 Å². The predicted octanol–water partition coefficient (Wildman–Crippen LogP) is 3.85. The van der Waals surface area contributed by atoms with Gasteiger partial charge >= 0.3 is 11.7 Å². The van der Waals surface area contributed by atoms with E-state index in [1.165, 1.54) is 18.5 Å².